The number of rotatable bonds is 10. The van der Waals surface area contributed by atoms with Crippen molar-refractivity contribution >= 4 is 11.9 Å². The van der Waals surface area contributed by atoms with Crippen LogP contribution in [0.15, 0.2) is 0 Å². The lowest BCUT2D eigenvalue weighted by Gasteiger charge is -2.11. The molecule has 0 aliphatic rings. The Balaban J connectivity index is 3.54. The van der Waals surface area contributed by atoms with E-state index >= 15 is 0 Å². The topological polar surface area (TPSA) is 92.4 Å². The van der Waals surface area contributed by atoms with E-state index in [9.17, 15) is 9.59 Å². The number of aliphatic carboxylic acids is 1. The number of amides is 1. The summed E-state index contributed by atoms with van der Waals surface area (Å²) in [6, 6.07) is 0. The lowest BCUT2D eigenvalue weighted by Crippen LogP contribution is -2.30. The number of nitrogens with two attached hydrogens (primary N) is 1. The van der Waals surface area contributed by atoms with Crippen LogP contribution >= 0.6 is 0 Å². The molecule has 0 aliphatic carbocycles. The van der Waals surface area contributed by atoms with Crippen molar-refractivity contribution in [3.05, 3.63) is 0 Å². The quantitative estimate of drug-likeness (QED) is 0.516. The molecule has 1 amide bonds. The highest BCUT2D eigenvalue weighted by molar-refractivity contribution is 5.78. The number of carbonyl (C=O) groups is 2. The molecule has 4 N–H and O–H groups in total. The molecule has 0 saturated heterocycles. The van der Waals surface area contributed by atoms with E-state index in [1.807, 2.05) is 6.92 Å². The van der Waals surface area contributed by atoms with Crippen LogP contribution in [-0.4, -0.2) is 30.1 Å². The molecule has 18 heavy (non-hydrogen) atoms. The highest BCUT2D eigenvalue weighted by Gasteiger charge is 2.12. The van der Waals surface area contributed by atoms with Gasteiger partial charge in [-0.2, -0.15) is 0 Å². The Labute approximate surface area is 109 Å². The Morgan fingerprint density at radius 3 is 2.28 bits per heavy atom. The Kier molecular flexibility index (Phi) is 9.28. The highest BCUT2D eigenvalue weighted by Crippen LogP contribution is 2.08. The molecule has 0 heterocycles. The second-order valence-electron chi connectivity index (χ2n) is 4.86. The summed E-state index contributed by atoms with van der Waals surface area (Å²) in [5.41, 5.74) is 5.39. The van der Waals surface area contributed by atoms with Crippen LogP contribution in [0.5, 0.6) is 0 Å². The van der Waals surface area contributed by atoms with Gasteiger partial charge in [-0.1, -0.05) is 20.3 Å². The van der Waals surface area contributed by atoms with Gasteiger partial charge in [0.25, 0.3) is 0 Å². The fourth-order valence-electron chi connectivity index (χ4n) is 1.64. The van der Waals surface area contributed by atoms with Crippen molar-refractivity contribution in [2.24, 2.45) is 17.6 Å². The van der Waals surface area contributed by atoms with Crippen LogP contribution in [0.3, 0.4) is 0 Å². The molecule has 0 aromatic carbocycles. The zero-order chi connectivity index (χ0) is 14.0. The van der Waals surface area contributed by atoms with E-state index in [1.54, 1.807) is 6.92 Å². The maximum absolute atomic E-state index is 11.6. The molecule has 2 atom stereocenters. The Morgan fingerprint density at radius 2 is 1.72 bits per heavy atom. The molecule has 0 bridgehead atoms. The van der Waals surface area contributed by atoms with Gasteiger partial charge in [-0.05, 0) is 32.2 Å². The van der Waals surface area contributed by atoms with Crippen molar-refractivity contribution in [2.75, 3.05) is 13.1 Å². The predicted octanol–water partition coefficient (Wildman–Crippen LogP) is 1.37. The van der Waals surface area contributed by atoms with E-state index in [1.165, 1.54) is 0 Å². The number of unbranched alkanes of at least 4 members (excludes halogenated alkanes) is 1. The van der Waals surface area contributed by atoms with Crippen molar-refractivity contribution in [1.82, 2.24) is 5.32 Å². The van der Waals surface area contributed by atoms with Gasteiger partial charge in [0.05, 0.1) is 5.92 Å². The fraction of sp³-hybridized carbons (Fsp3) is 0.846. The third kappa shape index (κ3) is 8.06. The van der Waals surface area contributed by atoms with E-state index in [2.05, 4.69) is 5.32 Å². The summed E-state index contributed by atoms with van der Waals surface area (Å²) in [5, 5.41) is 11.6. The maximum atomic E-state index is 11.6. The zero-order valence-corrected chi connectivity index (χ0v) is 11.4. The number of hydrogen-bond acceptors (Lipinski definition) is 3. The minimum absolute atomic E-state index is 0.00601. The standard InChI is InChI=1S/C13H26N2O3/c1-10(7-5-8-14)12(16)15-9-4-3-6-11(2)13(17)18/h10-11H,3-9,14H2,1-2H3,(H,15,16)(H,17,18). The molecule has 5 nitrogen and oxygen atoms in total. The second-order valence-corrected chi connectivity index (χ2v) is 4.86. The van der Waals surface area contributed by atoms with Crippen LogP contribution in [0.4, 0.5) is 0 Å². The number of nitrogens with one attached hydrogen (secondary N) is 1. The van der Waals surface area contributed by atoms with Gasteiger partial charge in [0.1, 0.15) is 0 Å². The summed E-state index contributed by atoms with van der Waals surface area (Å²) in [6.07, 6.45) is 3.99. The number of carboxylic acid groups (broad SMARTS) is 1. The Hall–Kier alpha value is -1.10. The van der Waals surface area contributed by atoms with E-state index in [0.717, 1.165) is 25.7 Å². The van der Waals surface area contributed by atoms with Crippen LogP contribution in [0.2, 0.25) is 0 Å². The first-order valence-corrected chi connectivity index (χ1v) is 6.69. The summed E-state index contributed by atoms with van der Waals surface area (Å²) >= 11 is 0. The average molecular weight is 258 g/mol. The summed E-state index contributed by atoms with van der Waals surface area (Å²) in [6.45, 7) is 4.84. The van der Waals surface area contributed by atoms with Gasteiger partial charge in [0.2, 0.25) is 5.91 Å². The molecule has 0 fully saturated rings. The number of carbonyl (C=O) groups excluding carboxylic acids is 1. The van der Waals surface area contributed by atoms with Crippen LogP contribution < -0.4 is 11.1 Å². The number of carboxylic acids is 1. The van der Waals surface area contributed by atoms with E-state index in [-0.39, 0.29) is 17.7 Å². The Morgan fingerprint density at radius 1 is 1.11 bits per heavy atom. The van der Waals surface area contributed by atoms with Crippen LogP contribution in [0, 0.1) is 11.8 Å². The normalized spacial score (nSPS) is 13.9. The molecular formula is C13H26N2O3. The summed E-state index contributed by atoms with van der Waals surface area (Å²) in [5.74, 6) is -0.986. The summed E-state index contributed by atoms with van der Waals surface area (Å²) < 4.78 is 0. The molecule has 0 aromatic heterocycles. The summed E-state index contributed by atoms with van der Waals surface area (Å²) in [4.78, 5) is 22.2. The van der Waals surface area contributed by atoms with Gasteiger partial charge in [0, 0.05) is 12.5 Å². The molecule has 5 heteroatoms. The summed E-state index contributed by atoms with van der Waals surface area (Å²) in [7, 11) is 0. The Bertz CT molecular complexity index is 257. The van der Waals surface area contributed by atoms with E-state index in [4.69, 9.17) is 10.8 Å². The lowest BCUT2D eigenvalue weighted by molar-refractivity contribution is -0.141. The zero-order valence-electron chi connectivity index (χ0n) is 11.4. The first-order chi connectivity index (χ1) is 8.49. The SMILES string of the molecule is CC(CCCCNC(=O)C(C)CCCN)C(=O)O. The van der Waals surface area contributed by atoms with Gasteiger partial charge in [0.15, 0.2) is 0 Å². The van der Waals surface area contributed by atoms with Gasteiger partial charge >= 0.3 is 5.97 Å². The largest absolute Gasteiger partial charge is 0.481 e. The van der Waals surface area contributed by atoms with Crippen LogP contribution in [0.25, 0.3) is 0 Å². The van der Waals surface area contributed by atoms with Gasteiger partial charge < -0.3 is 16.2 Å². The lowest BCUT2D eigenvalue weighted by atomic mass is 10.0. The predicted molar refractivity (Wildman–Crippen MR) is 71.1 cm³/mol. The van der Waals surface area contributed by atoms with E-state index in [0.29, 0.717) is 19.5 Å². The van der Waals surface area contributed by atoms with Crippen molar-refractivity contribution in [3.63, 3.8) is 0 Å². The van der Waals surface area contributed by atoms with Crippen LogP contribution in [0.1, 0.15) is 46.0 Å². The molecule has 106 valence electrons. The smallest absolute Gasteiger partial charge is 0.306 e. The fourth-order valence-corrected chi connectivity index (χ4v) is 1.64. The van der Waals surface area contributed by atoms with Gasteiger partial charge in [-0.3, -0.25) is 9.59 Å². The third-order valence-corrected chi connectivity index (χ3v) is 3.07. The second kappa shape index (κ2) is 9.88. The van der Waals surface area contributed by atoms with Gasteiger partial charge in [-0.25, -0.2) is 0 Å². The molecule has 0 spiro atoms. The highest BCUT2D eigenvalue weighted by atomic mass is 16.4. The molecule has 0 radical (unpaired) electrons. The molecule has 0 aliphatic heterocycles. The molecule has 2 unspecified atom stereocenters. The van der Waals surface area contributed by atoms with Crippen molar-refractivity contribution in [3.8, 4) is 0 Å². The van der Waals surface area contributed by atoms with Crippen LogP contribution in [-0.2, 0) is 9.59 Å². The number of hydrogen-bond donors (Lipinski definition) is 3. The monoisotopic (exact) mass is 258 g/mol. The van der Waals surface area contributed by atoms with Crippen molar-refractivity contribution in [1.29, 1.82) is 0 Å². The first kappa shape index (κ1) is 16.9. The molecule has 0 saturated carbocycles. The first-order valence-electron chi connectivity index (χ1n) is 6.69. The third-order valence-electron chi connectivity index (χ3n) is 3.07. The molecule has 0 rings (SSSR count). The minimum atomic E-state index is -0.755. The van der Waals surface area contributed by atoms with Crippen molar-refractivity contribution < 1.29 is 14.7 Å². The van der Waals surface area contributed by atoms with E-state index < -0.39 is 5.97 Å². The minimum Gasteiger partial charge on any atom is -0.481 e. The van der Waals surface area contributed by atoms with Gasteiger partial charge in [-0.15, -0.1) is 0 Å². The average Bonchev–Trinajstić information content (AvgIpc) is 2.34. The maximum Gasteiger partial charge on any atom is 0.306 e. The molecule has 0 aromatic rings. The molecular weight excluding hydrogens is 232 g/mol. The van der Waals surface area contributed by atoms with Crippen molar-refractivity contribution in [2.45, 2.75) is 46.0 Å².